The normalized spacial score (nSPS) is 11.9. The molecule has 1 aromatic heterocycles. The summed E-state index contributed by atoms with van der Waals surface area (Å²) in [6, 6.07) is 8.69. The van der Waals surface area contributed by atoms with E-state index in [0.29, 0.717) is 12.0 Å². The van der Waals surface area contributed by atoms with Gasteiger partial charge in [-0.3, -0.25) is 9.59 Å². The van der Waals surface area contributed by atoms with Gasteiger partial charge in [0.05, 0.1) is 12.5 Å². The Bertz CT molecular complexity index is 625. The van der Waals surface area contributed by atoms with Crippen molar-refractivity contribution in [1.82, 2.24) is 5.32 Å². The first kappa shape index (κ1) is 16.2. The molecule has 1 unspecified atom stereocenters. The fourth-order valence-electron chi connectivity index (χ4n) is 2.08. The van der Waals surface area contributed by atoms with Gasteiger partial charge in [0.2, 0.25) is 5.91 Å². The fraction of sp³-hybridized carbons (Fsp3) is 0.250. The minimum atomic E-state index is -1.02. The van der Waals surface area contributed by atoms with Crippen LogP contribution in [-0.2, 0) is 16.0 Å². The number of aliphatic carboxylic acids is 1. The lowest BCUT2D eigenvalue weighted by atomic mass is 10.0. The summed E-state index contributed by atoms with van der Waals surface area (Å²) in [5.74, 6) is -1.64. The topological polar surface area (TPSA) is 66.4 Å². The number of hydrogen-bond acceptors (Lipinski definition) is 3. The van der Waals surface area contributed by atoms with Crippen molar-refractivity contribution in [1.29, 1.82) is 0 Å². The molecule has 0 fully saturated rings. The molecule has 2 N–H and O–H groups in total. The Morgan fingerprint density at radius 2 is 1.95 bits per heavy atom. The molecule has 0 saturated heterocycles. The number of carbonyl (C=O) groups is 2. The second-order valence-corrected chi connectivity index (χ2v) is 5.88. The van der Waals surface area contributed by atoms with Crippen LogP contribution in [0, 0.1) is 5.82 Å². The summed E-state index contributed by atoms with van der Waals surface area (Å²) in [5.41, 5.74) is 0.577. The highest BCUT2D eigenvalue weighted by atomic mass is 32.1. The van der Waals surface area contributed by atoms with E-state index in [1.54, 1.807) is 11.3 Å². The summed E-state index contributed by atoms with van der Waals surface area (Å²) >= 11 is 1.58. The zero-order chi connectivity index (χ0) is 15.9. The van der Waals surface area contributed by atoms with E-state index >= 15 is 0 Å². The molecule has 0 saturated carbocycles. The van der Waals surface area contributed by atoms with Crippen molar-refractivity contribution < 1.29 is 19.1 Å². The van der Waals surface area contributed by atoms with Crippen LogP contribution < -0.4 is 5.32 Å². The molecule has 4 nitrogen and oxygen atoms in total. The average Bonchev–Trinajstić information content (AvgIpc) is 2.98. The van der Waals surface area contributed by atoms with E-state index < -0.39 is 17.8 Å². The van der Waals surface area contributed by atoms with Crippen molar-refractivity contribution in [3.8, 4) is 0 Å². The van der Waals surface area contributed by atoms with E-state index in [9.17, 15) is 14.0 Å². The van der Waals surface area contributed by atoms with Crippen molar-refractivity contribution in [2.75, 3.05) is 0 Å². The predicted molar refractivity (Wildman–Crippen MR) is 82.2 cm³/mol. The lowest BCUT2D eigenvalue weighted by Crippen LogP contribution is -2.30. The zero-order valence-electron chi connectivity index (χ0n) is 11.8. The quantitative estimate of drug-likeness (QED) is 0.823. The van der Waals surface area contributed by atoms with Crippen LogP contribution in [0.5, 0.6) is 0 Å². The molecule has 2 rings (SSSR count). The molecule has 1 aromatic carbocycles. The van der Waals surface area contributed by atoms with Crippen LogP contribution in [0.25, 0.3) is 0 Å². The Hall–Kier alpha value is -2.21. The van der Waals surface area contributed by atoms with Gasteiger partial charge >= 0.3 is 5.97 Å². The van der Waals surface area contributed by atoms with Crippen LogP contribution in [0.3, 0.4) is 0 Å². The number of rotatable bonds is 7. The van der Waals surface area contributed by atoms with Gasteiger partial charge in [0.25, 0.3) is 0 Å². The van der Waals surface area contributed by atoms with Gasteiger partial charge in [-0.2, -0.15) is 0 Å². The Morgan fingerprint density at radius 3 is 2.55 bits per heavy atom. The number of nitrogens with one attached hydrogen (secondary N) is 1. The average molecular weight is 321 g/mol. The summed E-state index contributed by atoms with van der Waals surface area (Å²) in [5, 5.41) is 13.6. The Morgan fingerprint density at radius 1 is 1.23 bits per heavy atom. The molecule has 6 heteroatoms. The first-order chi connectivity index (χ1) is 10.5. The molecule has 0 aliphatic heterocycles. The summed E-state index contributed by atoms with van der Waals surface area (Å²) < 4.78 is 13.0. The maximum absolute atomic E-state index is 13.0. The highest BCUT2D eigenvalue weighted by Crippen LogP contribution is 2.18. The number of hydrogen-bond donors (Lipinski definition) is 2. The van der Waals surface area contributed by atoms with Gasteiger partial charge in [-0.25, -0.2) is 4.39 Å². The van der Waals surface area contributed by atoms with Crippen LogP contribution in [-0.4, -0.2) is 17.0 Å². The van der Waals surface area contributed by atoms with Crippen molar-refractivity contribution in [3.63, 3.8) is 0 Å². The minimum absolute atomic E-state index is 0.219. The molecule has 0 bridgehead atoms. The lowest BCUT2D eigenvalue weighted by Gasteiger charge is -2.17. The van der Waals surface area contributed by atoms with Crippen molar-refractivity contribution in [3.05, 3.63) is 58.0 Å². The van der Waals surface area contributed by atoms with Crippen LogP contribution in [0.4, 0.5) is 4.39 Å². The maximum atomic E-state index is 13.0. The molecule has 1 heterocycles. The van der Waals surface area contributed by atoms with E-state index in [4.69, 9.17) is 5.11 Å². The Balaban J connectivity index is 1.98. The SMILES string of the molecule is O=C(O)CC(NC(=O)CCc1cccs1)c1ccc(F)cc1. The highest BCUT2D eigenvalue weighted by molar-refractivity contribution is 7.09. The smallest absolute Gasteiger partial charge is 0.305 e. The van der Waals surface area contributed by atoms with Crippen LogP contribution in [0.15, 0.2) is 41.8 Å². The molecule has 22 heavy (non-hydrogen) atoms. The molecule has 1 atom stereocenters. The lowest BCUT2D eigenvalue weighted by molar-refractivity contribution is -0.137. The van der Waals surface area contributed by atoms with Gasteiger partial charge in [-0.15, -0.1) is 11.3 Å². The highest BCUT2D eigenvalue weighted by Gasteiger charge is 2.18. The molecule has 0 aliphatic rings. The Kier molecular flexibility index (Phi) is 5.66. The molecule has 1 amide bonds. The molecule has 2 aromatic rings. The maximum Gasteiger partial charge on any atom is 0.305 e. The van der Waals surface area contributed by atoms with Crippen molar-refractivity contribution >= 4 is 23.2 Å². The first-order valence-electron chi connectivity index (χ1n) is 6.83. The largest absolute Gasteiger partial charge is 0.481 e. The van der Waals surface area contributed by atoms with Gasteiger partial charge in [-0.05, 0) is 35.6 Å². The minimum Gasteiger partial charge on any atom is -0.481 e. The van der Waals surface area contributed by atoms with E-state index in [-0.39, 0.29) is 18.7 Å². The number of benzene rings is 1. The summed E-state index contributed by atoms with van der Waals surface area (Å²) in [4.78, 5) is 24.1. The standard InChI is InChI=1S/C16H16FNO3S/c17-12-5-3-11(4-6-12)14(10-16(20)21)18-15(19)8-7-13-2-1-9-22-13/h1-6,9,14H,7-8,10H2,(H,18,19)(H,20,21). The van der Waals surface area contributed by atoms with Gasteiger partial charge in [0.15, 0.2) is 0 Å². The van der Waals surface area contributed by atoms with Crippen LogP contribution >= 0.6 is 11.3 Å². The van der Waals surface area contributed by atoms with Crippen LogP contribution in [0.1, 0.15) is 29.3 Å². The van der Waals surface area contributed by atoms with Gasteiger partial charge in [0, 0.05) is 11.3 Å². The third-order valence-corrected chi connectivity index (χ3v) is 4.10. The molecule has 0 spiro atoms. The summed E-state index contributed by atoms with van der Waals surface area (Å²) in [7, 11) is 0. The summed E-state index contributed by atoms with van der Waals surface area (Å²) in [6.07, 6.45) is 0.668. The third-order valence-electron chi connectivity index (χ3n) is 3.16. The van der Waals surface area contributed by atoms with Gasteiger partial charge < -0.3 is 10.4 Å². The van der Waals surface area contributed by atoms with E-state index in [1.165, 1.54) is 24.3 Å². The number of aryl methyl sites for hydroxylation is 1. The number of carbonyl (C=O) groups excluding carboxylic acids is 1. The fourth-order valence-corrected chi connectivity index (χ4v) is 2.79. The van der Waals surface area contributed by atoms with E-state index in [0.717, 1.165) is 4.88 Å². The van der Waals surface area contributed by atoms with Gasteiger partial charge in [-0.1, -0.05) is 18.2 Å². The van der Waals surface area contributed by atoms with E-state index in [1.807, 2.05) is 17.5 Å². The molecular weight excluding hydrogens is 305 g/mol. The van der Waals surface area contributed by atoms with E-state index in [2.05, 4.69) is 5.32 Å². The first-order valence-corrected chi connectivity index (χ1v) is 7.71. The molecule has 0 radical (unpaired) electrons. The predicted octanol–water partition coefficient (Wildman–Crippen LogP) is 3.15. The second-order valence-electron chi connectivity index (χ2n) is 4.85. The number of carboxylic acid groups (broad SMARTS) is 1. The van der Waals surface area contributed by atoms with Gasteiger partial charge in [0.1, 0.15) is 5.82 Å². The summed E-state index contributed by atoms with van der Waals surface area (Å²) in [6.45, 7) is 0. The number of amides is 1. The molecule has 0 aliphatic carbocycles. The number of thiophene rings is 1. The molecule has 116 valence electrons. The number of carboxylic acids is 1. The second kappa shape index (κ2) is 7.70. The van der Waals surface area contributed by atoms with Crippen molar-refractivity contribution in [2.24, 2.45) is 0 Å². The third kappa shape index (κ3) is 4.96. The monoisotopic (exact) mass is 321 g/mol. The molecular formula is C16H16FNO3S. The number of halogens is 1. The Labute approximate surface area is 131 Å². The van der Waals surface area contributed by atoms with Crippen LogP contribution in [0.2, 0.25) is 0 Å². The van der Waals surface area contributed by atoms with Crippen molar-refractivity contribution in [2.45, 2.75) is 25.3 Å². The zero-order valence-corrected chi connectivity index (χ0v) is 12.6.